The SMILES string of the molecule is COCC(=O)NCCC#N. The lowest BCUT2D eigenvalue weighted by Gasteiger charge is -1.99. The molecule has 0 spiro atoms. The Hall–Kier alpha value is -1.08. The van der Waals surface area contributed by atoms with Crippen molar-refractivity contribution in [1.29, 1.82) is 5.26 Å². The summed E-state index contributed by atoms with van der Waals surface area (Å²) < 4.78 is 4.54. The molecule has 0 bridgehead atoms. The van der Waals surface area contributed by atoms with Crippen LogP contribution in [0.25, 0.3) is 0 Å². The van der Waals surface area contributed by atoms with E-state index in [0.29, 0.717) is 13.0 Å². The van der Waals surface area contributed by atoms with Crippen molar-refractivity contribution in [3.8, 4) is 6.07 Å². The average Bonchev–Trinajstić information content (AvgIpc) is 1.89. The Morgan fingerprint density at radius 3 is 3.00 bits per heavy atom. The third-order valence-electron chi connectivity index (χ3n) is 0.834. The summed E-state index contributed by atoms with van der Waals surface area (Å²) in [4.78, 5) is 10.6. The molecule has 0 aromatic rings. The molecule has 1 N–H and O–H groups in total. The fraction of sp³-hybridized carbons (Fsp3) is 0.667. The normalized spacial score (nSPS) is 8.40. The van der Waals surface area contributed by atoms with Gasteiger partial charge in [0.2, 0.25) is 5.91 Å². The van der Waals surface area contributed by atoms with E-state index >= 15 is 0 Å². The number of carbonyl (C=O) groups is 1. The zero-order valence-corrected chi connectivity index (χ0v) is 5.89. The van der Waals surface area contributed by atoms with Crippen molar-refractivity contribution in [1.82, 2.24) is 5.32 Å². The number of nitrogens with zero attached hydrogens (tertiary/aromatic N) is 1. The second kappa shape index (κ2) is 6.05. The summed E-state index contributed by atoms with van der Waals surface area (Å²) in [6, 6.07) is 1.91. The Kier molecular flexibility index (Phi) is 5.39. The lowest BCUT2D eigenvalue weighted by molar-refractivity contribution is -0.124. The molecule has 0 fully saturated rings. The van der Waals surface area contributed by atoms with Crippen LogP contribution in [0.15, 0.2) is 0 Å². The molecule has 0 rings (SSSR count). The first-order valence-electron chi connectivity index (χ1n) is 2.94. The van der Waals surface area contributed by atoms with Gasteiger partial charge >= 0.3 is 0 Å². The summed E-state index contributed by atoms with van der Waals surface area (Å²) in [5.74, 6) is -0.183. The van der Waals surface area contributed by atoms with E-state index in [1.54, 1.807) is 0 Å². The van der Waals surface area contributed by atoms with Crippen LogP contribution in [0.3, 0.4) is 0 Å². The first-order chi connectivity index (χ1) is 4.81. The van der Waals surface area contributed by atoms with Gasteiger partial charge in [0.25, 0.3) is 0 Å². The Balaban J connectivity index is 3.15. The molecule has 1 amide bonds. The lowest BCUT2D eigenvalue weighted by Crippen LogP contribution is -2.27. The molecule has 0 aliphatic heterocycles. The molecule has 0 atom stereocenters. The molecule has 10 heavy (non-hydrogen) atoms. The zero-order chi connectivity index (χ0) is 7.82. The topological polar surface area (TPSA) is 62.1 Å². The predicted molar refractivity (Wildman–Crippen MR) is 35.1 cm³/mol. The van der Waals surface area contributed by atoms with Gasteiger partial charge in [-0.15, -0.1) is 0 Å². The highest BCUT2D eigenvalue weighted by Gasteiger charge is 1.95. The molecule has 0 unspecified atom stereocenters. The van der Waals surface area contributed by atoms with Crippen molar-refractivity contribution in [2.75, 3.05) is 20.3 Å². The van der Waals surface area contributed by atoms with E-state index in [-0.39, 0.29) is 12.5 Å². The Morgan fingerprint density at radius 1 is 1.80 bits per heavy atom. The Labute approximate surface area is 59.8 Å². The molecular formula is C6H10N2O2. The van der Waals surface area contributed by atoms with Crippen LogP contribution in [0.2, 0.25) is 0 Å². The molecule has 4 heteroatoms. The second-order valence-corrected chi connectivity index (χ2v) is 1.69. The minimum absolute atomic E-state index is 0.0609. The largest absolute Gasteiger partial charge is 0.375 e. The van der Waals surface area contributed by atoms with Gasteiger partial charge in [-0.3, -0.25) is 4.79 Å². The standard InChI is InChI=1S/C6H10N2O2/c1-10-5-6(9)8-4-2-3-7/h2,4-5H2,1H3,(H,8,9). The first-order valence-corrected chi connectivity index (χ1v) is 2.94. The van der Waals surface area contributed by atoms with Crippen molar-refractivity contribution >= 4 is 5.91 Å². The van der Waals surface area contributed by atoms with Crippen LogP contribution in [0, 0.1) is 11.3 Å². The smallest absolute Gasteiger partial charge is 0.246 e. The van der Waals surface area contributed by atoms with E-state index in [0.717, 1.165) is 0 Å². The maximum atomic E-state index is 10.6. The molecular weight excluding hydrogens is 132 g/mol. The quantitative estimate of drug-likeness (QED) is 0.546. The average molecular weight is 142 g/mol. The van der Waals surface area contributed by atoms with Gasteiger partial charge in [0, 0.05) is 13.7 Å². The fourth-order valence-electron chi connectivity index (χ4n) is 0.440. The van der Waals surface area contributed by atoms with Gasteiger partial charge in [-0.2, -0.15) is 5.26 Å². The van der Waals surface area contributed by atoms with Gasteiger partial charge in [0.15, 0.2) is 0 Å². The van der Waals surface area contributed by atoms with Gasteiger partial charge in [-0.25, -0.2) is 0 Å². The minimum Gasteiger partial charge on any atom is -0.375 e. The number of ether oxygens (including phenoxy) is 1. The zero-order valence-electron chi connectivity index (χ0n) is 5.89. The number of nitriles is 1. The molecule has 0 aliphatic carbocycles. The summed E-state index contributed by atoms with van der Waals surface area (Å²) in [5, 5.41) is 10.6. The number of nitrogens with one attached hydrogen (secondary N) is 1. The van der Waals surface area contributed by atoms with E-state index in [4.69, 9.17) is 5.26 Å². The van der Waals surface area contributed by atoms with Crippen molar-refractivity contribution in [3.63, 3.8) is 0 Å². The Morgan fingerprint density at radius 2 is 2.50 bits per heavy atom. The first kappa shape index (κ1) is 8.92. The maximum absolute atomic E-state index is 10.6. The second-order valence-electron chi connectivity index (χ2n) is 1.69. The summed E-state index contributed by atoms with van der Waals surface area (Å²) >= 11 is 0. The molecule has 0 aliphatic rings. The van der Waals surface area contributed by atoms with E-state index in [1.807, 2.05) is 6.07 Å². The third-order valence-corrected chi connectivity index (χ3v) is 0.834. The molecule has 0 radical (unpaired) electrons. The lowest BCUT2D eigenvalue weighted by atomic mass is 10.4. The van der Waals surface area contributed by atoms with Crippen LogP contribution in [-0.4, -0.2) is 26.2 Å². The highest BCUT2D eigenvalue weighted by Crippen LogP contribution is 1.72. The summed E-state index contributed by atoms with van der Waals surface area (Å²) in [6.45, 7) is 0.462. The monoisotopic (exact) mass is 142 g/mol. The number of carbonyl (C=O) groups excluding carboxylic acids is 1. The van der Waals surface area contributed by atoms with Crippen molar-refractivity contribution < 1.29 is 9.53 Å². The molecule has 0 aromatic heterocycles. The van der Waals surface area contributed by atoms with Crippen LogP contribution in [-0.2, 0) is 9.53 Å². The van der Waals surface area contributed by atoms with E-state index in [9.17, 15) is 4.79 Å². The highest BCUT2D eigenvalue weighted by atomic mass is 16.5. The van der Waals surface area contributed by atoms with Crippen LogP contribution < -0.4 is 5.32 Å². The van der Waals surface area contributed by atoms with Crippen LogP contribution >= 0.6 is 0 Å². The predicted octanol–water partition coefficient (Wildman–Crippen LogP) is -0.337. The van der Waals surface area contributed by atoms with Crippen molar-refractivity contribution in [2.45, 2.75) is 6.42 Å². The van der Waals surface area contributed by atoms with Crippen molar-refractivity contribution in [2.24, 2.45) is 0 Å². The van der Waals surface area contributed by atoms with E-state index < -0.39 is 0 Å². The molecule has 0 aromatic carbocycles. The molecule has 0 heterocycles. The highest BCUT2D eigenvalue weighted by molar-refractivity contribution is 5.77. The van der Waals surface area contributed by atoms with Gasteiger partial charge in [0.05, 0.1) is 12.5 Å². The maximum Gasteiger partial charge on any atom is 0.246 e. The number of hydrogen-bond donors (Lipinski definition) is 1. The molecule has 0 saturated heterocycles. The number of hydrogen-bond acceptors (Lipinski definition) is 3. The summed E-state index contributed by atoms with van der Waals surface area (Å²) in [7, 11) is 1.45. The van der Waals surface area contributed by atoms with Crippen LogP contribution in [0.5, 0.6) is 0 Å². The van der Waals surface area contributed by atoms with Gasteiger partial charge in [-0.05, 0) is 0 Å². The van der Waals surface area contributed by atoms with Crippen LogP contribution in [0.4, 0.5) is 0 Å². The molecule has 56 valence electrons. The van der Waals surface area contributed by atoms with E-state index in [2.05, 4.69) is 10.1 Å². The van der Waals surface area contributed by atoms with Crippen molar-refractivity contribution in [3.05, 3.63) is 0 Å². The summed E-state index contributed by atoms with van der Waals surface area (Å²) in [6.07, 6.45) is 0.343. The number of methoxy groups -OCH3 is 1. The van der Waals surface area contributed by atoms with Crippen LogP contribution in [0.1, 0.15) is 6.42 Å². The third kappa shape index (κ3) is 5.06. The summed E-state index contributed by atoms with van der Waals surface area (Å²) in [5.41, 5.74) is 0. The number of rotatable bonds is 4. The van der Waals surface area contributed by atoms with E-state index in [1.165, 1.54) is 7.11 Å². The van der Waals surface area contributed by atoms with Gasteiger partial charge in [-0.1, -0.05) is 0 Å². The number of amides is 1. The van der Waals surface area contributed by atoms with Gasteiger partial charge < -0.3 is 10.1 Å². The minimum atomic E-state index is -0.183. The fourth-order valence-corrected chi connectivity index (χ4v) is 0.440. The molecule has 4 nitrogen and oxygen atoms in total. The molecule has 0 saturated carbocycles. The Bertz CT molecular complexity index is 139. The van der Waals surface area contributed by atoms with Gasteiger partial charge in [0.1, 0.15) is 6.61 Å².